The molecule has 0 spiro atoms. The summed E-state index contributed by atoms with van der Waals surface area (Å²) < 4.78 is 0. The molecular weight excluding hydrogens is 208 g/mol. The number of rotatable bonds is 5. The van der Waals surface area contributed by atoms with Crippen LogP contribution < -0.4 is 5.32 Å². The Morgan fingerprint density at radius 1 is 1.31 bits per heavy atom. The van der Waals surface area contributed by atoms with Gasteiger partial charge in [0.1, 0.15) is 6.04 Å². The largest absolute Gasteiger partial charge is 0.394 e. The lowest BCUT2D eigenvalue weighted by atomic mass is 10.0. The molecule has 0 aromatic heterocycles. The highest BCUT2D eigenvalue weighted by Crippen LogP contribution is 2.07. The summed E-state index contributed by atoms with van der Waals surface area (Å²) in [6, 6.07) is -0.779. The number of nitrogens with zero attached hydrogens (tertiary/aromatic N) is 1. The molecule has 0 heterocycles. The van der Waals surface area contributed by atoms with Gasteiger partial charge < -0.3 is 15.3 Å². The number of aliphatic hydroxyl groups excluding tert-OH is 1. The van der Waals surface area contributed by atoms with Crippen LogP contribution in [0.5, 0.6) is 0 Å². The van der Waals surface area contributed by atoms with Crippen molar-refractivity contribution in [2.75, 3.05) is 13.7 Å². The smallest absolute Gasteiger partial charge is 0.245 e. The highest BCUT2D eigenvalue weighted by molar-refractivity contribution is 5.87. The van der Waals surface area contributed by atoms with E-state index in [1.54, 1.807) is 14.0 Å². The summed E-state index contributed by atoms with van der Waals surface area (Å²) in [7, 11) is 1.63. The quantitative estimate of drug-likeness (QED) is 0.697. The fraction of sp³-hybridized carbons (Fsp3) is 0.818. The van der Waals surface area contributed by atoms with Crippen molar-refractivity contribution in [3.05, 3.63) is 0 Å². The predicted molar refractivity (Wildman–Crippen MR) is 61.8 cm³/mol. The molecule has 5 nitrogen and oxygen atoms in total. The van der Waals surface area contributed by atoms with Gasteiger partial charge in [0.15, 0.2) is 0 Å². The molecule has 2 N–H and O–H groups in total. The van der Waals surface area contributed by atoms with Gasteiger partial charge in [0.2, 0.25) is 11.8 Å². The Labute approximate surface area is 96.8 Å². The molecule has 2 atom stereocenters. The van der Waals surface area contributed by atoms with Gasteiger partial charge in [0, 0.05) is 14.0 Å². The van der Waals surface area contributed by atoms with Gasteiger partial charge in [-0.3, -0.25) is 9.59 Å². The van der Waals surface area contributed by atoms with E-state index in [0.717, 1.165) is 0 Å². The number of hydrogen-bond acceptors (Lipinski definition) is 3. The number of nitrogens with one attached hydrogen (secondary N) is 1. The lowest BCUT2D eigenvalue weighted by molar-refractivity contribution is -0.138. The zero-order chi connectivity index (χ0) is 12.9. The first-order valence-electron chi connectivity index (χ1n) is 5.45. The van der Waals surface area contributed by atoms with Crippen molar-refractivity contribution in [2.24, 2.45) is 5.92 Å². The molecule has 0 saturated heterocycles. The van der Waals surface area contributed by atoms with Crippen molar-refractivity contribution in [1.82, 2.24) is 10.2 Å². The first kappa shape index (κ1) is 14.9. The van der Waals surface area contributed by atoms with Crippen molar-refractivity contribution >= 4 is 11.8 Å². The molecule has 0 aromatic rings. The van der Waals surface area contributed by atoms with E-state index in [1.807, 2.05) is 13.8 Å². The van der Waals surface area contributed by atoms with E-state index < -0.39 is 6.04 Å². The second-order valence-corrected chi connectivity index (χ2v) is 4.40. The molecule has 0 saturated carbocycles. The second kappa shape index (κ2) is 6.48. The van der Waals surface area contributed by atoms with Crippen LogP contribution in [0.1, 0.15) is 27.7 Å². The average molecular weight is 230 g/mol. The topological polar surface area (TPSA) is 69.6 Å². The minimum absolute atomic E-state index is 0.0183. The van der Waals surface area contributed by atoms with E-state index in [1.165, 1.54) is 11.8 Å². The molecule has 94 valence electrons. The monoisotopic (exact) mass is 230 g/mol. The zero-order valence-corrected chi connectivity index (χ0v) is 10.7. The Morgan fingerprint density at radius 3 is 2.12 bits per heavy atom. The summed E-state index contributed by atoms with van der Waals surface area (Å²) in [5, 5.41) is 11.6. The van der Waals surface area contributed by atoms with Crippen LogP contribution in [-0.2, 0) is 9.59 Å². The molecule has 0 aromatic carbocycles. The summed E-state index contributed by atoms with van der Waals surface area (Å²) in [6.07, 6.45) is 0. The fourth-order valence-electron chi connectivity index (χ4n) is 1.29. The maximum Gasteiger partial charge on any atom is 0.245 e. The number of carbonyl (C=O) groups is 2. The standard InChI is InChI=1S/C11H22N2O3/c1-7(2)10(12-9(4)15)11(16)13(5)8(3)6-14/h7-8,10,14H,6H2,1-5H3,(H,12,15). The molecule has 0 rings (SSSR count). The van der Waals surface area contributed by atoms with E-state index in [-0.39, 0.29) is 30.4 Å². The van der Waals surface area contributed by atoms with Crippen LogP contribution in [0.3, 0.4) is 0 Å². The van der Waals surface area contributed by atoms with E-state index in [0.29, 0.717) is 0 Å². The van der Waals surface area contributed by atoms with Gasteiger partial charge in [-0.05, 0) is 12.8 Å². The number of carbonyl (C=O) groups excluding carboxylic acids is 2. The second-order valence-electron chi connectivity index (χ2n) is 4.40. The van der Waals surface area contributed by atoms with Gasteiger partial charge in [-0.15, -0.1) is 0 Å². The summed E-state index contributed by atoms with van der Waals surface area (Å²) in [5.41, 5.74) is 0. The Morgan fingerprint density at radius 2 is 1.81 bits per heavy atom. The molecule has 16 heavy (non-hydrogen) atoms. The first-order chi connectivity index (χ1) is 7.31. The maximum absolute atomic E-state index is 12.0. The molecule has 0 aliphatic carbocycles. The molecule has 0 aliphatic rings. The summed E-state index contributed by atoms with van der Waals surface area (Å²) in [6.45, 7) is 6.79. The Bertz CT molecular complexity index is 254. The van der Waals surface area contributed by atoms with Gasteiger partial charge in [-0.2, -0.15) is 0 Å². The van der Waals surface area contributed by atoms with E-state index in [2.05, 4.69) is 5.32 Å². The fourth-order valence-corrected chi connectivity index (χ4v) is 1.29. The minimum Gasteiger partial charge on any atom is -0.394 e. The number of hydrogen-bond donors (Lipinski definition) is 2. The molecular formula is C11H22N2O3. The lowest BCUT2D eigenvalue weighted by Crippen LogP contribution is -2.52. The highest BCUT2D eigenvalue weighted by atomic mass is 16.3. The predicted octanol–water partition coefficient (Wildman–Crippen LogP) is -0.0137. The third kappa shape index (κ3) is 4.18. The van der Waals surface area contributed by atoms with E-state index in [9.17, 15) is 9.59 Å². The van der Waals surface area contributed by atoms with E-state index in [4.69, 9.17) is 5.11 Å². The maximum atomic E-state index is 12.0. The third-order valence-electron chi connectivity index (χ3n) is 2.56. The molecule has 0 aliphatic heterocycles. The molecule has 5 heteroatoms. The lowest BCUT2D eigenvalue weighted by Gasteiger charge is -2.30. The van der Waals surface area contributed by atoms with Crippen LogP contribution in [0.15, 0.2) is 0 Å². The number of likely N-dealkylation sites (N-methyl/N-ethyl adjacent to an activating group) is 1. The van der Waals surface area contributed by atoms with Crippen molar-refractivity contribution < 1.29 is 14.7 Å². The van der Waals surface area contributed by atoms with Gasteiger partial charge in [-0.25, -0.2) is 0 Å². The van der Waals surface area contributed by atoms with Gasteiger partial charge >= 0.3 is 0 Å². The number of aliphatic hydroxyl groups is 1. The first-order valence-corrected chi connectivity index (χ1v) is 5.45. The zero-order valence-electron chi connectivity index (χ0n) is 10.7. The van der Waals surface area contributed by atoms with Gasteiger partial charge in [-0.1, -0.05) is 13.8 Å². The average Bonchev–Trinajstić information content (AvgIpc) is 2.22. The molecule has 2 amide bonds. The molecule has 0 fully saturated rings. The SMILES string of the molecule is CC(=O)NC(C(=O)N(C)C(C)CO)C(C)C. The van der Waals surface area contributed by atoms with Crippen molar-refractivity contribution in [1.29, 1.82) is 0 Å². The van der Waals surface area contributed by atoms with Crippen LogP contribution in [-0.4, -0.2) is 47.6 Å². The van der Waals surface area contributed by atoms with Crippen molar-refractivity contribution in [2.45, 2.75) is 39.8 Å². The molecule has 2 unspecified atom stereocenters. The molecule has 0 radical (unpaired) electrons. The number of amides is 2. The molecule has 0 bridgehead atoms. The van der Waals surface area contributed by atoms with E-state index >= 15 is 0 Å². The van der Waals surface area contributed by atoms with Crippen molar-refractivity contribution in [3.63, 3.8) is 0 Å². The third-order valence-corrected chi connectivity index (χ3v) is 2.56. The van der Waals surface area contributed by atoms with Gasteiger partial charge in [0.25, 0.3) is 0 Å². The Balaban J connectivity index is 4.67. The van der Waals surface area contributed by atoms with Crippen LogP contribution in [0, 0.1) is 5.92 Å². The van der Waals surface area contributed by atoms with Crippen LogP contribution >= 0.6 is 0 Å². The van der Waals surface area contributed by atoms with Crippen LogP contribution in [0.25, 0.3) is 0 Å². The van der Waals surface area contributed by atoms with Gasteiger partial charge in [0.05, 0.1) is 12.6 Å². The Hall–Kier alpha value is -1.10. The minimum atomic E-state index is -0.531. The highest BCUT2D eigenvalue weighted by Gasteiger charge is 2.27. The summed E-state index contributed by atoms with van der Waals surface area (Å²) >= 11 is 0. The van der Waals surface area contributed by atoms with Crippen molar-refractivity contribution in [3.8, 4) is 0 Å². The summed E-state index contributed by atoms with van der Waals surface area (Å²) in [5.74, 6) is -0.381. The van der Waals surface area contributed by atoms with Crippen LogP contribution in [0.4, 0.5) is 0 Å². The summed E-state index contributed by atoms with van der Waals surface area (Å²) in [4.78, 5) is 24.5. The van der Waals surface area contributed by atoms with Crippen LogP contribution in [0.2, 0.25) is 0 Å². The Kier molecular flexibility index (Phi) is 6.03. The normalized spacial score (nSPS) is 14.4.